The molecule has 0 unspecified atom stereocenters. The Morgan fingerprint density at radius 1 is 1.21 bits per heavy atom. The van der Waals surface area contributed by atoms with Crippen molar-refractivity contribution in [2.45, 2.75) is 25.8 Å². The summed E-state index contributed by atoms with van der Waals surface area (Å²) < 4.78 is 10.7. The average molecular weight is 335 g/mol. The van der Waals surface area contributed by atoms with Crippen LogP contribution in [0.25, 0.3) is 0 Å². The quantitative estimate of drug-likeness (QED) is 0.845. The molecule has 0 radical (unpaired) electrons. The maximum absolute atomic E-state index is 12.1. The molecule has 2 saturated heterocycles. The molecule has 3 heterocycles. The minimum absolute atomic E-state index is 0.0228. The summed E-state index contributed by atoms with van der Waals surface area (Å²) >= 11 is 0. The molecule has 3 amide bonds. The first-order valence-electron chi connectivity index (χ1n) is 8.18. The fourth-order valence-electron chi connectivity index (χ4n) is 2.89. The van der Waals surface area contributed by atoms with Gasteiger partial charge < -0.3 is 14.5 Å². The Kier molecular flexibility index (Phi) is 5.14. The van der Waals surface area contributed by atoms with Gasteiger partial charge in [-0.3, -0.25) is 19.4 Å². The van der Waals surface area contributed by atoms with Gasteiger partial charge in [-0.25, -0.2) is 4.79 Å². The number of nitrogens with one attached hydrogen (secondary N) is 1. The highest BCUT2D eigenvalue weighted by atomic mass is 16.5. The normalized spacial score (nSPS) is 18.5. The lowest BCUT2D eigenvalue weighted by Crippen LogP contribution is -2.37. The molecule has 130 valence electrons. The Morgan fingerprint density at radius 3 is 2.67 bits per heavy atom. The van der Waals surface area contributed by atoms with E-state index < -0.39 is 11.9 Å². The lowest BCUT2D eigenvalue weighted by molar-refractivity contribution is -0.129. The first-order chi connectivity index (χ1) is 11.6. The fourth-order valence-corrected chi connectivity index (χ4v) is 2.89. The minimum atomic E-state index is -0.484. The van der Waals surface area contributed by atoms with Crippen LogP contribution in [0.2, 0.25) is 0 Å². The lowest BCUT2D eigenvalue weighted by Gasteiger charge is -2.25. The fraction of sp³-hybridized carbons (Fsp3) is 0.562. The van der Waals surface area contributed by atoms with Gasteiger partial charge in [0.1, 0.15) is 12.0 Å². The van der Waals surface area contributed by atoms with Crippen molar-refractivity contribution in [1.29, 1.82) is 0 Å². The van der Waals surface area contributed by atoms with Crippen LogP contribution in [0, 0.1) is 0 Å². The van der Waals surface area contributed by atoms with E-state index in [0.717, 1.165) is 30.8 Å². The molecule has 0 aromatic carbocycles. The van der Waals surface area contributed by atoms with Crippen molar-refractivity contribution in [2.24, 2.45) is 0 Å². The number of ether oxygens (including phenoxy) is 1. The summed E-state index contributed by atoms with van der Waals surface area (Å²) in [4.78, 5) is 38.6. The third kappa shape index (κ3) is 3.94. The summed E-state index contributed by atoms with van der Waals surface area (Å²) in [6.07, 6.45) is 4.81. The van der Waals surface area contributed by atoms with E-state index in [1.165, 1.54) is 18.8 Å². The Balaban J connectivity index is 1.55. The van der Waals surface area contributed by atoms with E-state index in [1.807, 2.05) is 0 Å². The number of amides is 3. The molecule has 3 rings (SSSR count). The van der Waals surface area contributed by atoms with Gasteiger partial charge in [0.05, 0.1) is 6.54 Å². The zero-order valence-corrected chi connectivity index (χ0v) is 13.5. The van der Waals surface area contributed by atoms with E-state index in [4.69, 9.17) is 9.15 Å². The van der Waals surface area contributed by atoms with Crippen LogP contribution in [0.4, 0.5) is 4.79 Å². The van der Waals surface area contributed by atoms with Crippen molar-refractivity contribution in [3.8, 4) is 5.75 Å². The number of carbonyl (C=O) groups excluding carboxylic acids is 2. The van der Waals surface area contributed by atoms with Gasteiger partial charge in [0.15, 0.2) is 6.61 Å². The largest absolute Gasteiger partial charge is 0.477 e. The second kappa shape index (κ2) is 7.48. The number of piperidine rings is 1. The molecule has 2 aliphatic heterocycles. The van der Waals surface area contributed by atoms with Gasteiger partial charge in [0.25, 0.3) is 5.91 Å². The van der Waals surface area contributed by atoms with Crippen molar-refractivity contribution in [2.75, 3.05) is 32.8 Å². The highest BCUT2D eigenvalue weighted by Gasteiger charge is 2.26. The molecule has 24 heavy (non-hydrogen) atoms. The maximum Gasteiger partial charge on any atom is 0.324 e. The lowest BCUT2D eigenvalue weighted by atomic mass is 10.1. The van der Waals surface area contributed by atoms with Crippen LogP contribution in [0.5, 0.6) is 5.75 Å². The molecule has 0 atom stereocenters. The molecule has 2 fully saturated rings. The predicted octanol–water partition coefficient (Wildman–Crippen LogP) is 0.556. The first kappa shape index (κ1) is 16.5. The van der Waals surface area contributed by atoms with Gasteiger partial charge in [-0.1, -0.05) is 6.42 Å². The van der Waals surface area contributed by atoms with Crippen LogP contribution >= 0.6 is 0 Å². The molecule has 0 saturated carbocycles. The predicted molar refractivity (Wildman–Crippen MR) is 84.7 cm³/mol. The smallest absolute Gasteiger partial charge is 0.324 e. The number of rotatable bonds is 5. The topological polar surface area (TPSA) is 92.1 Å². The summed E-state index contributed by atoms with van der Waals surface area (Å²) in [6.45, 7) is 2.98. The molecule has 0 bridgehead atoms. The number of likely N-dealkylation sites (tertiary alicyclic amines) is 1. The summed E-state index contributed by atoms with van der Waals surface area (Å²) in [6, 6.07) is 0.962. The van der Waals surface area contributed by atoms with Gasteiger partial charge in [0.2, 0.25) is 11.2 Å². The summed E-state index contributed by atoms with van der Waals surface area (Å²) in [5.74, 6) is 0.0756. The molecule has 1 aromatic heterocycles. The highest BCUT2D eigenvalue weighted by Crippen LogP contribution is 2.13. The molecule has 2 aliphatic rings. The van der Waals surface area contributed by atoms with E-state index in [0.29, 0.717) is 25.4 Å². The second-order valence-electron chi connectivity index (χ2n) is 5.98. The van der Waals surface area contributed by atoms with Crippen molar-refractivity contribution >= 4 is 11.9 Å². The summed E-state index contributed by atoms with van der Waals surface area (Å²) in [5.41, 5.74) is -0.327. The van der Waals surface area contributed by atoms with E-state index >= 15 is 0 Å². The van der Waals surface area contributed by atoms with Crippen LogP contribution in [-0.4, -0.2) is 54.5 Å². The summed E-state index contributed by atoms with van der Waals surface area (Å²) in [5, 5.41) is 2.53. The molecular formula is C16H21N3O5. The van der Waals surface area contributed by atoms with E-state index in [9.17, 15) is 14.4 Å². The van der Waals surface area contributed by atoms with Crippen molar-refractivity contribution in [1.82, 2.24) is 15.1 Å². The SMILES string of the molecule is O=C(COc1coc(CN2CCCCC2)cc1=O)N1CCNC1=O. The minimum Gasteiger partial charge on any atom is -0.477 e. The van der Waals surface area contributed by atoms with E-state index in [1.54, 1.807) is 0 Å². The molecular weight excluding hydrogens is 314 g/mol. The first-order valence-corrected chi connectivity index (χ1v) is 8.18. The third-order valence-corrected chi connectivity index (χ3v) is 4.19. The second-order valence-corrected chi connectivity index (χ2v) is 5.98. The molecule has 1 aromatic rings. The number of hydrogen-bond acceptors (Lipinski definition) is 6. The van der Waals surface area contributed by atoms with E-state index in [2.05, 4.69) is 10.2 Å². The summed E-state index contributed by atoms with van der Waals surface area (Å²) in [7, 11) is 0. The number of carbonyl (C=O) groups is 2. The van der Waals surface area contributed by atoms with Crippen LogP contribution in [0.3, 0.4) is 0 Å². The van der Waals surface area contributed by atoms with E-state index in [-0.39, 0.29) is 17.8 Å². The molecule has 0 aliphatic carbocycles. The van der Waals surface area contributed by atoms with Gasteiger partial charge in [-0.15, -0.1) is 0 Å². The Morgan fingerprint density at radius 2 is 2.00 bits per heavy atom. The monoisotopic (exact) mass is 335 g/mol. The van der Waals surface area contributed by atoms with Gasteiger partial charge in [0, 0.05) is 19.2 Å². The van der Waals surface area contributed by atoms with Crippen LogP contribution in [-0.2, 0) is 11.3 Å². The number of imide groups is 1. The zero-order valence-electron chi connectivity index (χ0n) is 13.5. The molecule has 8 nitrogen and oxygen atoms in total. The van der Waals surface area contributed by atoms with Gasteiger partial charge >= 0.3 is 6.03 Å². The van der Waals surface area contributed by atoms with Crippen molar-refractivity contribution < 1.29 is 18.7 Å². The Labute approximate surface area is 139 Å². The number of nitrogens with zero attached hydrogens (tertiary/aromatic N) is 2. The third-order valence-electron chi connectivity index (χ3n) is 4.19. The van der Waals surface area contributed by atoms with Crippen LogP contribution in [0.15, 0.2) is 21.5 Å². The van der Waals surface area contributed by atoms with Gasteiger partial charge in [-0.2, -0.15) is 0 Å². The van der Waals surface area contributed by atoms with Crippen LogP contribution < -0.4 is 15.5 Å². The Bertz CT molecular complexity index is 666. The zero-order chi connectivity index (χ0) is 16.9. The van der Waals surface area contributed by atoms with Crippen molar-refractivity contribution in [3.63, 3.8) is 0 Å². The molecule has 0 spiro atoms. The van der Waals surface area contributed by atoms with Crippen LogP contribution in [0.1, 0.15) is 25.0 Å². The molecule has 1 N–H and O–H groups in total. The number of hydrogen-bond donors (Lipinski definition) is 1. The van der Waals surface area contributed by atoms with Gasteiger partial charge in [-0.05, 0) is 25.9 Å². The standard InChI is InChI=1S/C16H21N3O5/c20-13-8-12(9-18-5-2-1-3-6-18)23-10-14(13)24-11-15(21)19-7-4-17-16(19)22/h8,10H,1-7,9,11H2,(H,17,22). The maximum atomic E-state index is 12.1. The molecule has 8 heteroatoms. The van der Waals surface area contributed by atoms with Crippen molar-refractivity contribution in [3.05, 3.63) is 28.3 Å². The average Bonchev–Trinajstić information content (AvgIpc) is 3.01. The highest BCUT2D eigenvalue weighted by molar-refractivity contribution is 5.96. The Hall–Kier alpha value is -2.35. The number of urea groups is 1.